The third-order valence-corrected chi connectivity index (χ3v) is 9.32. The van der Waals surface area contributed by atoms with Crippen LogP contribution in [0, 0.1) is 5.92 Å². The van der Waals surface area contributed by atoms with Crippen molar-refractivity contribution in [1.82, 2.24) is 10.2 Å². The number of hydrogen-bond acceptors (Lipinski definition) is 7. The highest BCUT2D eigenvalue weighted by Crippen LogP contribution is 2.20. The number of nitrogens with one attached hydrogen (secondary N) is 1. The van der Waals surface area contributed by atoms with E-state index in [4.69, 9.17) is 14.2 Å². The van der Waals surface area contributed by atoms with Gasteiger partial charge in [0.2, 0.25) is 0 Å². The number of likely N-dealkylation sites (tertiary alicyclic amines) is 1. The number of carbonyl (C=O) groups excluding carboxylic acids is 3. The van der Waals surface area contributed by atoms with E-state index in [-0.39, 0.29) is 50.8 Å². The average Bonchev–Trinajstić information content (AvgIpc) is 3.18. The van der Waals surface area contributed by atoms with Gasteiger partial charge < -0.3 is 24.3 Å². The Morgan fingerprint density at radius 3 is 1.66 bits per heavy atom. The molecule has 1 saturated heterocycles. The van der Waals surface area contributed by atoms with Crippen molar-refractivity contribution in [3.8, 4) is 0 Å². The van der Waals surface area contributed by atoms with Gasteiger partial charge in [-0.3, -0.25) is 9.69 Å². The van der Waals surface area contributed by atoms with Crippen LogP contribution in [0.2, 0.25) is 0 Å². The lowest BCUT2D eigenvalue weighted by atomic mass is 10.1. The summed E-state index contributed by atoms with van der Waals surface area (Å²) in [5.41, 5.74) is 0. The summed E-state index contributed by atoms with van der Waals surface area (Å²) in [6.07, 6.45) is 42.4. The molecule has 0 aromatic heterocycles. The van der Waals surface area contributed by atoms with E-state index in [9.17, 15) is 27.6 Å². The maximum Gasteiger partial charge on any atom is 0.407 e. The van der Waals surface area contributed by atoms with Crippen LogP contribution in [0.25, 0.3) is 0 Å². The summed E-state index contributed by atoms with van der Waals surface area (Å²) >= 11 is 0. The fraction of sp³-hybridized carbons (Fsp3) is 0.723. The molecule has 11 heteroatoms. The summed E-state index contributed by atoms with van der Waals surface area (Å²) in [4.78, 5) is 35.3. The number of allylic oxidation sites excluding steroid dienone is 10. The molecule has 0 aliphatic carbocycles. The number of hydrogen-bond donors (Lipinski definition) is 1. The fourth-order valence-electron chi connectivity index (χ4n) is 6.04. The number of aldehydes is 1. The van der Waals surface area contributed by atoms with E-state index >= 15 is 0 Å². The Labute approximate surface area is 350 Å². The van der Waals surface area contributed by atoms with Crippen LogP contribution in [0.15, 0.2) is 60.8 Å². The first kappa shape index (κ1) is 54.8. The smallest absolute Gasteiger partial charge is 0.407 e. The number of alkyl carbamates (subject to hydrolysis) is 1. The second-order valence-corrected chi connectivity index (χ2v) is 15.0. The number of methoxy groups -OCH3 is 1. The molecule has 0 aromatic carbocycles. The molecular formula is C47H79F3N2O6. The highest BCUT2D eigenvalue weighted by Gasteiger charge is 2.37. The van der Waals surface area contributed by atoms with E-state index in [0.717, 1.165) is 83.3 Å². The number of esters is 1. The summed E-state index contributed by atoms with van der Waals surface area (Å²) in [6, 6.07) is -0.375. The third-order valence-electron chi connectivity index (χ3n) is 9.32. The van der Waals surface area contributed by atoms with Crippen LogP contribution >= 0.6 is 0 Å². The Bertz CT molecular complexity index is 1130. The summed E-state index contributed by atoms with van der Waals surface area (Å²) in [7, 11) is 1.50. The highest BCUT2D eigenvalue weighted by molar-refractivity contribution is 5.69. The average molecular weight is 825 g/mol. The zero-order chi connectivity index (χ0) is 42.8. The lowest BCUT2D eigenvalue weighted by Crippen LogP contribution is -2.61. The number of halogens is 3. The van der Waals surface area contributed by atoms with E-state index < -0.39 is 18.8 Å². The fourth-order valence-corrected chi connectivity index (χ4v) is 6.04. The van der Waals surface area contributed by atoms with Crippen molar-refractivity contribution in [3.63, 3.8) is 0 Å². The SMILES string of the molecule is CC/C=C\C/C=C\C/C=C\CCCCCCCC(=O)OCC(COC)COC(=O)NC1CN(CC(F)(F)F)C1.CCCCC/C=C\C/C=C\CCCCCCCC=O. The largest absolute Gasteiger partial charge is 0.465 e. The van der Waals surface area contributed by atoms with Gasteiger partial charge in [0.1, 0.15) is 12.9 Å². The number of alkyl halides is 3. The van der Waals surface area contributed by atoms with Crippen LogP contribution in [-0.2, 0) is 23.8 Å². The number of rotatable bonds is 35. The Balaban J connectivity index is 0.00000143. The predicted molar refractivity (Wildman–Crippen MR) is 232 cm³/mol. The van der Waals surface area contributed by atoms with Gasteiger partial charge in [-0.2, -0.15) is 13.2 Å². The minimum absolute atomic E-state index is 0.0209. The number of ether oxygens (including phenoxy) is 3. The molecule has 0 spiro atoms. The molecule has 1 amide bonds. The molecule has 1 unspecified atom stereocenters. The van der Waals surface area contributed by atoms with Crippen LogP contribution in [-0.4, -0.2) is 82.0 Å². The highest BCUT2D eigenvalue weighted by atomic mass is 19.4. The summed E-state index contributed by atoms with van der Waals surface area (Å²) in [5, 5.41) is 2.54. The van der Waals surface area contributed by atoms with Crippen molar-refractivity contribution < 1.29 is 41.8 Å². The second-order valence-electron chi connectivity index (χ2n) is 15.0. The normalized spacial score (nSPS) is 14.4. The molecule has 1 rings (SSSR count). The van der Waals surface area contributed by atoms with Gasteiger partial charge in [-0.05, 0) is 77.0 Å². The first-order chi connectivity index (χ1) is 28.1. The van der Waals surface area contributed by atoms with Gasteiger partial charge in [0.05, 0.1) is 31.7 Å². The summed E-state index contributed by atoms with van der Waals surface area (Å²) < 4.78 is 52.6. The van der Waals surface area contributed by atoms with Gasteiger partial charge in [0.25, 0.3) is 0 Å². The zero-order valence-corrected chi connectivity index (χ0v) is 36.3. The zero-order valence-electron chi connectivity index (χ0n) is 36.3. The Kier molecular flexibility index (Phi) is 38.4. The third kappa shape index (κ3) is 39.6. The number of unbranched alkanes of at least 4 members (excludes halogenated alkanes) is 14. The van der Waals surface area contributed by atoms with Gasteiger partial charge in [0.15, 0.2) is 0 Å². The van der Waals surface area contributed by atoms with Gasteiger partial charge in [-0.15, -0.1) is 0 Å². The molecule has 1 aliphatic heterocycles. The first-order valence-corrected chi connectivity index (χ1v) is 22.2. The molecule has 0 bridgehead atoms. The van der Waals surface area contributed by atoms with Crippen LogP contribution in [0.3, 0.4) is 0 Å². The molecule has 0 radical (unpaired) electrons. The maximum atomic E-state index is 12.3. The minimum Gasteiger partial charge on any atom is -0.465 e. The maximum absolute atomic E-state index is 12.3. The van der Waals surface area contributed by atoms with Crippen molar-refractivity contribution in [2.24, 2.45) is 5.92 Å². The topological polar surface area (TPSA) is 94.2 Å². The molecule has 1 N–H and O–H groups in total. The van der Waals surface area contributed by atoms with Gasteiger partial charge >= 0.3 is 18.2 Å². The molecule has 1 heterocycles. The van der Waals surface area contributed by atoms with Crippen molar-refractivity contribution in [2.45, 2.75) is 167 Å². The Morgan fingerprint density at radius 2 is 1.14 bits per heavy atom. The van der Waals surface area contributed by atoms with Crippen LogP contribution < -0.4 is 5.32 Å². The van der Waals surface area contributed by atoms with E-state index in [0.29, 0.717) is 6.42 Å². The standard InChI is InChI=1S/C29H47F3N2O5.C18H32O/c1-3-4-5-6-7-8-9-10-11-12-13-14-15-16-17-18-27(35)38-22-25(21-37-2)23-39-28(36)33-26-19-34(20-26)24-29(30,31)32;1-2-3-4-5-6-7-8-9-10-11-12-13-14-15-16-17-18-19/h4-5,7-8,10-11,25-26H,3,6,9,12-24H2,1-2H3,(H,33,36);6-7,9-10,18H,2-5,8,11-17H2,1H3/b5-4-,8-7-,11-10-;7-6-,10-9-. The molecular weight excluding hydrogens is 746 g/mol. The first-order valence-electron chi connectivity index (χ1n) is 22.2. The van der Waals surface area contributed by atoms with E-state index in [1.54, 1.807) is 0 Å². The second kappa shape index (κ2) is 40.6. The molecule has 0 saturated carbocycles. The molecule has 58 heavy (non-hydrogen) atoms. The molecule has 1 aliphatic rings. The van der Waals surface area contributed by atoms with Crippen LogP contribution in [0.5, 0.6) is 0 Å². The predicted octanol–water partition coefficient (Wildman–Crippen LogP) is 12.4. The lowest BCUT2D eigenvalue weighted by molar-refractivity contribution is -0.155. The van der Waals surface area contributed by atoms with Crippen molar-refractivity contribution in [2.75, 3.05) is 46.6 Å². The van der Waals surface area contributed by atoms with Crippen molar-refractivity contribution >= 4 is 18.3 Å². The lowest BCUT2D eigenvalue weighted by Gasteiger charge is -2.39. The summed E-state index contributed by atoms with van der Waals surface area (Å²) in [5.74, 6) is -0.616. The molecule has 1 fully saturated rings. The number of amides is 1. The molecule has 1 atom stereocenters. The number of carbonyl (C=O) groups is 3. The van der Waals surface area contributed by atoms with Crippen LogP contribution in [0.1, 0.15) is 155 Å². The molecule has 8 nitrogen and oxygen atoms in total. The van der Waals surface area contributed by atoms with E-state index in [2.05, 4.69) is 79.9 Å². The van der Waals surface area contributed by atoms with Crippen molar-refractivity contribution in [1.29, 1.82) is 0 Å². The van der Waals surface area contributed by atoms with Gasteiger partial charge in [-0.1, -0.05) is 126 Å². The van der Waals surface area contributed by atoms with Gasteiger partial charge in [0, 0.05) is 33.0 Å². The summed E-state index contributed by atoms with van der Waals surface area (Å²) in [6.45, 7) is 3.92. The minimum atomic E-state index is -4.25. The quantitative estimate of drug-likeness (QED) is 0.0294. The molecule has 334 valence electrons. The van der Waals surface area contributed by atoms with Crippen LogP contribution in [0.4, 0.5) is 18.0 Å². The Hall–Kier alpha value is -3.18. The van der Waals surface area contributed by atoms with E-state index in [1.165, 1.54) is 69.8 Å². The molecule has 0 aromatic rings. The van der Waals surface area contributed by atoms with E-state index in [1.807, 2.05) is 0 Å². The number of nitrogens with zero attached hydrogens (tertiary/aromatic N) is 1. The van der Waals surface area contributed by atoms with Gasteiger partial charge in [-0.25, -0.2) is 4.79 Å². The monoisotopic (exact) mass is 825 g/mol. The van der Waals surface area contributed by atoms with Crippen molar-refractivity contribution in [3.05, 3.63) is 60.8 Å². The Morgan fingerprint density at radius 1 is 0.655 bits per heavy atom.